The topological polar surface area (TPSA) is 116 Å². The van der Waals surface area contributed by atoms with Crippen molar-refractivity contribution in [3.8, 4) is 0 Å². The van der Waals surface area contributed by atoms with Gasteiger partial charge in [0.25, 0.3) is 11.5 Å². The maximum absolute atomic E-state index is 12.3. The molecule has 0 aliphatic rings. The Hall–Kier alpha value is -3.14. The summed E-state index contributed by atoms with van der Waals surface area (Å²) in [7, 11) is 0. The molecular formula is C16H15N5O4S. The van der Waals surface area contributed by atoms with Crippen LogP contribution in [0, 0.1) is 6.92 Å². The number of amides is 1. The normalized spacial score (nSPS) is 10.7. The summed E-state index contributed by atoms with van der Waals surface area (Å²) in [6.45, 7) is 1.41. The average molecular weight is 373 g/mol. The maximum atomic E-state index is 12.3. The fraction of sp³-hybridized carbons (Fsp3) is 0.250. The van der Waals surface area contributed by atoms with E-state index in [0.717, 1.165) is 10.4 Å². The van der Waals surface area contributed by atoms with Crippen molar-refractivity contribution in [2.45, 2.75) is 19.9 Å². The highest BCUT2D eigenvalue weighted by molar-refractivity contribution is 7.13. The molecule has 2 aromatic heterocycles. The van der Waals surface area contributed by atoms with Crippen LogP contribution in [-0.4, -0.2) is 38.5 Å². The predicted molar refractivity (Wildman–Crippen MR) is 94.9 cm³/mol. The van der Waals surface area contributed by atoms with Crippen LogP contribution in [0.15, 0.2) is 34.4 Å². The molecule has 0 bridgehead atoms. The first-order valence-corrected chi connectivity index (χ1v) is 8.61. The highest BCUT2D eigenvalue weighted by Gasteiger charge is 2.11. The second kappa shape index (κ2) is 7.83. The molecule has 26 heavy (non-hydrogen) atoms. The standard InChI is InChI=1S/C16H15N5O4S/c1-10-9-26-16(17-10)18-13(22)8-25-14(23)6-7-21-15(24)11-4-2-3-5-12(11)19-20-21/h2-5,9H,6-8H2,1H3,(H,17,18,22). The van der Waals surface area contributed by atoms with Crippen molar-refractivity contribution >= 4 is 39.2 Å². The van der Waals surface area contributed by atoms with Gasteiger partial charge < -0.3 is 4.74 Å². The zero-order valence-electron chi connectivity index (χ0n) is 13.8. The lowest BCUT2D eigenvalue weighted by atomic mass is 10.2. The Morgan fingerprint density at radius 1 is 1.31 bits per heavy atom. The number of aromatic nitrogens is 4. The van der Waals surface area contributed by atoms with Gasteiger partial charge >= 0.3 is 5.97 Å². The molecule has 3 rings (SSSR count). The third kappa shape index (κ3) is 4.28. The Morgan fingerprint density at radius 2 is 2.12 bits per heavy atom. The quantitative estimate of drug-likeness (QED) is 0.644. The van der Waals surface area contributed by atoms with Crippen molar-refractivity contribution in [1.29, 1.82) is 0 Å². The lowest BCUT2D eigenvalue weighted by Crippen LogP contribution is -2.26. The fourth-order valence-electron chi connectivity index (χ4n) is 2.15. The molecule has 9 nitrogen and oxygen atoms in total. The number of fused-ring (bicyclic) bond motifs is 1. The molecule has 0 radical (unpaired) electrons. The molecule has 0 saturated heterocycles. The number of nitrogens with zero attached hydrogens (tertiary/aromatic N) is 4. The third-order valence-electron chi connectivity index (χ3n) is 3.39. The van der Waals surface area contributed by atoms with Crippen LogP contribution in [0.25, 0.3) is 10.9 Å². The van der Waals surface area contributed by atoms with Crippen LogP contribution < -0.4 is 10.9 Å². The monoisotopic (exact) mass is 373 g/mol. The number of thiazole rings is 1. The number of hydrogen-bond donors (Lipinski definition) is 1. The number of anilines is 1. The van der Waals surface area contributed by atoms with Crippen LogP contribution >= 0.6 is 11.3 Å². The first-order chi connectivity index (χ1) is 12.5. The molecule has 0 spiro atoms. The SMILES string of the molecule is Cc1csc(NC(=O)COC(=O)CCn2nnc3ccccc3c2=O)n1. The van der Waals surface area contributed by atoms with E-state index in [4.69, 9.17) is 4.74 Å². The molecule has 0 fully saturated rings. The van der Waals surface area contributed by atoms with Gasteiger partial charge in [-0.05, 0) is 19.1 Å². The van der Waals surface area contributed by atoms with Gasteiger partial charge in [-0.2, -0.15) is 0 Å². The van der Waals surface area contributed by atoms with Gasteiger partial charge in [-0.15, -0.1) is 16.4 Å². The molecule has 0 saturated carbocycles. The van der Waals surface area contributed by atoms with Crippen LogP contribution in [0.4, 0.5) is 5.13 Å². The van der Waals surface area contributed by atoms with Crippen molar-refractivity contribution < 1.29 is 14.3 Å². The molecule has 3 aromatic rings. The minimum atomic E-state index is -0.614. The van der Waals surface area contributed by atoms with Gasteiger partial charge in [-0.25, -0.2) is 9.67 Å². The van der Waals surface area contributed by atoms with E-state index >= 15 is 0 Å². The highest BCUT2D eigenvalue weighted by Crippen LogP contribution is 2.13. The summed E-state index contributed by atoms with van der Waals surface area (Å²) in [6, 6.07) is 6.82. The molecular weight excluding hydrogens is 358 g/mol. The smallest absolute Gasteiger partial charge is 0.308 e. The second-order valence-corrected chi connectivity index (χ2v) is 6.25. The molecule has 0 atom stereocenters. The number of carbonyl (C=O) groups excluding carboxylic acids is 2. The van der Waals surface area contributed by atoms with Crippen molar-refractivity contribution in [3.63, 3.8) is 0 Å². The van der Waals surface area contributed by atoms with Gasteiger partial charge in [-0.1, -0.05) is 17.3 Å². The van der Waals surface area contributed by atoms with Gasteiger partial charge in [0.1, 0.15) is 5.52 Å². The Morgan fingerprint density at radius 3 is 2.88 bits per heavy atom. The van der Waals surface area contributed by atoms with E-state index in [2.05, 4.69) is 20.6 Å². The number of hydrogen-bond acceptors (Lipinski definition) is 8. The van der Waals surface area contributed by atoms with E-state index in [0.29, 0.717) is 16.0 Å². The summed E-state index contributed by atoms with van der Waals surface area (Å²) < 4.78 is 5.99. The first kappa shape index (κ1) is 17.7. The molecule has 1 aromatic carbocycles. The van der Waals surface area contributed by atoms with E-state index in [1.807, 2.05) is 6.92 Å². The summed E-state index contributed by atoms with van der Waals surface area (Å²) >= 11 is 1.29. The Balaban J connectivity index is 1.50. The number of esters is 1. The summed E-state index contributed by atoms with van der Waals surface area (Å²) in [5, 5.41) is 12.9. The maximum Gasteiger partial charge on any atom is 0.308 e. The zero-order valence-corrected chi connectivity index (χ0v) is 14.7. The fourth-order valence-corrected chi connectivity index (χ4v) is 2.86. The molecule has 0 unspecified atom stereocenters. The van der Waals surface area contributed by atoms with Gasteiger partial charge in [0.15, 0.2) is 11.7 Å². The van der Waals surface area contributed by atoms with Gasteiger partial charge in [0, 0.05) is 5.38 Å². The number of benzene rings is 1. The van der Waals surface area contributed by atoms with E-state index in [1.165, 1.54) is 11.3 Å². The first-order valence-electron chi connectivity index (χ1n) is 7.73. The average Bonchev–Trinajstić information content (AvgIpc) is 3.04. The Bertz CT molecular complexity index is 1010. The lowest BCUT2D eigenvalue weighted by Gasteiger charge is -2.06. The van der Waals surface area contributed by atoms with E-state index in [9.17, 15) is 14.4 Å². The lowest BCUT2D eigenvalue weighted by molar-refractivity contribution is -0.147. The largest absolute Gasteiger partial charge is 0.456 e. The minimum absolute atomic E-state index is 0.0167. The van der Waals surface area contributed by atoms with Crippen LogP contribution in [-0.2, 0) is 20.9 Å². The number of ether oxygens (including phenoxy) is 1. The summed E-state index contributed by atoms with van der Waals surface area (Å²) in [5.74, 6) is -1.09. The van der Waals surface area contributed by atoms with Crippen LogP contribution in [0.2, 0.25) is 0 Å². The van der Waals surface area contributed by atoms with Crippen molar-refractivity contribution in [3.05, 3.63) is 45.7 Å². The second-order valence-electron chi connectivity index (χ2n) is 5.39. The number of rotatable bonds is 6. The molecule has 134 valence electrons. The van der Waals surface area contributed by atoms with Crippen LogP contribution in [0.5, 0.6) is 0 Å². The summed E-state index contributed by atoms with van der Waals surface area (Å²) in [4.78, 5) is 39.8. The molecule has 0 aliphatic carbocycles. The molecule has 1 N–H and O–H groups in total. The third-order valence-corrected chi connectivity index (χ3v) is 4.26. The Labute approximate surface area is 151 Å². The van der Waals surface area contributed by atoms with Crippen molar-refractivity contribution in [1.82, 2.24) is 20.0 Å². The molecule has 2 heterocycles. The zero-order chi connectivity index (χ0) is 18.5. The number of nitrogens with one attached hydrogen (secondary N) is 1. The number of carbonyl (C=O) groups is 2. The van der Waals surface area contributed by atoms with E-state index in [1.54, 1.807) is 29.6 Å². The molecule has 0 aliphatic heterocycles. The summed E-state index contributed by atoms with van der Waals surface area (Å²) in [5.41, 5.74) is 0.954. The minimum Gasteiger partial charge on any atom is -0.456 e. The number of aryl methyl sites for hydroxylation is 2. The van der Waals surface area contributed by atoms with E-state index < -0.39 is 18.5 Å². The Kier molecular flexibility index (Phi) is 5.32. The predicted octanol–water partition coefficient (Wildman–Crippen LogP) is 1.13. The molecule has 10 heteroatoms. The van der Waals surface area contributed by atoms with Crippen LogP contribution in [0.3, 0.4) is 0 Å². The highest BCUT2D eigenvalue weighted by atomic mass is 32.1. The van der Waals surface area contributed by atoms with Gasteiger partial charge in [-0.3, -0.25) is 19.7 Å². The van der Waals surface area contributed by atoms with Gasteiger partial charge in [0.05, 0.1) is 24.0 Å². The van der Waals surface area contributed by atoms with Crippen molar-refractivity contribution in [2.75, 3.05) is 11.9 Å². The van der Waals surface area contributed by atoms with Crippen molar-refractivity contribution in [2.24, 2.45) is 0 Å². The van der Waals surface area contributed by atoms with Gasteiger partial charge in [0.2, 0.25) is 0 Å². The summed E-state index contributed by atoms with van der Waals surface area (Å²) in [6.07, 6.45) is -0.101. The van der Waals surface area contributed by atoms with Crippen LogP contribution in [0.1, 0.15) is 12.1 Å². The molecule has 1 amide bonds. The van der Waals surface area contributed by atoms with E-state index in [-0.39, 0.29) is 18.5 Å².